The lowest BCUT2D eigenvalue weighted by Crippen LogP contribution is -2.64. The average molecular weight is 290 g/mol. The fraction of sp³-hybridized carbons (Fsp3) is 0.647. The molecule has 1 aromatic rings. The van der Waals surface area contributed by atoms with Gasteiger partial charge in [0.1, 0.15) is 0 Å². The monoisotopic (exact) mass is 290 g/mol. The standard InChI is InChI=1S/C17H26N2O2/c1-5-12-11-18-9-8-13(12)16(20)19-14-10-15(21-4)17(14,6-2)7-3/h8-9,11,14-15H,5-7,10H2,1-4H3,(H,19,20). The average Bonchev–Trinajstić information content (AvgIpc) is 2.52. The minimum atomic E-state index is 0.0140. The van der Waals surface area contributed by atoms with E-state index < -0.39 is 0 Å². The van der Waals surface area contributed by atoms with Gasteiger partial charge in [0.2, 0.25) is 0 Å². The number of hydrogen-bond donors (Lipinski definition) is 1. The highest BCUT2D eigenvalue weighted by atomic mass is 16.5. The van der Waals surface area contributed by atoms with Gasteiger partial charge in [0.05, 0.1) is 6.10 Å². The molecule has 2 atom stereocenters. The van der Waals surface area contributed by atoms with E-state index in [-0.39, 0.29) is 23.5 Å². The van der Waals surface area contributed by atoms with Crippen molar-refractivity contribution in [2.75, 3.05) is 7.11 Å². The molecule has 2 rings (SSSR count). The molecule has 2 unspecified atom stereocenters. The quantitative estimate of drug-likeness (QED) is 0.876. The summed E-state index contributed by atoms with van der Waals surface area (Å²) in [5, 5.41) is 3.22. The summed E-state index contributed by atoms with van der Waals surface area (Å²) in [6.45, 7) is 6.40. The zero-order valence-corrected chi connectivity index (χ0v) is 13.5. The van der Waals surface area contributed by atoms with Gasteiger partial charge in [0.25, 0.3) is 5.91 Å². The van der Waals surface area contributed by atoms with Crippen molar-refractivity contribution in [3.8, 4) is 0 Å². The van der Waals surface area contributed by atoms with Gasteiger partial charge in [-0.05, 0) is 37.3 Å². The van der Waals surface area contributed by atoms with Crippen LogP contribution < -0.4 is 5.32 Å². The highest BCUT2D eigenvalue weighted by Crippen LogP contribution is 2.48. The SMILES string of the molecule is CCc1cnccc1C(=O)NC1CC(OC)C1(CC)CC. The molecule has 116 valence electrons. The highest BCUT2D eigenvalue weighted by Gasteiger charge is 2.53. The Morgan fingerprint density at radius 2 is 2.14 bits per heavy atom. The van der Waals surface area contributed by atoms with Crippen LogP contribution in [0.3, 0.4) is 0 Å². The molecule has 0 spiro atoms. The molecule has 4 nitrogen and oxygen atoms in total. The number of aryl methyl sites for hydroxylation is 1. The van der Waals surface area contributed by atoms with Crippen molar-refractivity contribution in [2.24, 2.45) is 5.41 Å². The second-order valence-electron chi connectivity index (χ2n) is 5.81. The highest BCUT2D eigenvalue weighted by molar-refractivity contribution is 5.95. The summed E-state index contributed by atoms with van der Waals surface area (Å²) in [5.74, 6) is 0.0140. The maximum absolute atomic E-state index is 12.6. The third kappa shape index (κ3) is 2.69. The largest absolute Gasteiger partial charge is 0.381 e. The second-order valence-corrected chi connectivity index (χ2v) is 5.81. The molecule has 21 heavy (non-hydrogen) atoms. The fourth-order valence-corrected chi connectivity index (χ4v) is 3.65. The van der Waals surface area contributed by atoms with Crippen molar-refractivity contribution >= 4 is 5.91 Å². The van der Waals surface area contributed by atoms with E-state index in [0.717, 1.165) is 36.8 Å². The van der Waals surface area contributed by atoms with E-state index >= 15 is 0 Å². The minimum Gasteiger partial charge on any atom is -0.381 e. The number of aromatic nitrogens is 1. The summed E-state index contributed by atoms with van der Waals surface area (Å²) in [4.78, 5) is 16.7. The normalized spacial score (nSPS) is 23.4. The zero-order valence-electron chi connectivity index (χ0n) is 13.5. The van der Waals surface area contributed by atoms with E-state index in [0.29, 0.717) is 0 Å². The molecule has 1 aromatic heterocycles. The number of nitrogens with zero attached hydrogens (tertiary/aromatic N) is 1. The zero-order chi connectivity index (χ0) is 15.5. The van der Waals surface area contributed by atoms with E-state index in [1.165, 1.54) is 0 Å². The van der Waals surface area contributed by atoms with Gasteiger partial charge in [0, 0.05) is 36.5 Å². The molecule has 1 heterocycles. The Morgan fingerprint density at radius 1 is 1.43 bits per heavy atom. The summed E-state index contributed by atoms with van der Waals surface area (Å²) in [7, 11) is 1.76. The molecule has 1 aliphatic carbocycles. The lowest BCUT2D eigenvalue weighted by atomic mass is 9.58. The number of carbonyl (C=O) groups excluding carboxylic acids is 1. The van der Waals surface area contributed by atoms with Crippen LogP contribution in [0, 0.1) is 5.41 Å². The molecular formula is C17H26N2O2. The topological polar surface area (TPSA) is 51.2 Å². The van der Waals surface area contributed by atoms with Crippen LogP contribution in [0.2, 0.25) is 0 Å². The first-order chi connectivity index (χ1) is 10.1. The number of nitrogens with one attached hydrogen (secondary N) is 1. The van der Waals surface area contributed by atoms with Crippen molar-refractivity contribution in [3.63, 3.8) is 0 Å². The van der Waals surface area contributed by atoms with Gasteiger partial charge in [-0.3, -0.25) is 9.78 Å². The smallest absolute Gasteiger partial charge is 0.251 e. The lowest BCUT2D eigenvalue weighted by Gasteiger charge is -2.55. The van der Waals surface area contributed by atoms with E-state index in [2.05, 4.69) is 24.1 Å². The van der Waals surface area contributed by atoms with Crippen molar-refractivity contribution in [1.29, 1.82) is 0 Å². The lowest BCUT2D eigenvalue weighted by molar-refractivity contribution is -0.120. The van der Waals surface area contributed by atoms with Gasteiger partial charge in [-0.1, -0.05) is 20.8 Å². The Morgan fingerprint density at radius 3 is 2.71 bits per heavy atom. The molecule has 1 fully saturated rings. The van der Waals surface area contributed by atoms with Gasteiger partial charge >= 0.3 is 0 Å². The summed E-state index contributed by atoms with van der Waals surface area (Å²) < 4.78 is 5.59. The molecular weight excluding hydrogens is 264 g/mol. The third-order valence-corrected chi connectivity index (χ3v) is 5.22. The van der Waals surface area contributed by atoms with Crippen LogP contribution in [-0.2, 0) is 11.2 Å². The first-order valence-electron chi connectivity index (χ1n) is 7.89. The van der Waals surface area contributed by atoms with Gasteiger partial charge in [0.15, 0.2) is 0 Å². The first-order valence-corrected chi connectivity index (χ1v) is 7.89. The third-order valence-electron chi connectivity index (χ3n) is 5.22. The molecule has 0 aromatic carbocycles. The van der Waals surface area contributed by atoms with Crippen LogP contribution in [0.4, 0.5) is 0 Å². The van der Waals surface area contributed by atoms with Gasteiger partial charge in [-0.25, -0.2) is 0 Å². The predicted molar refractivity (Wildman–Crippen MR) is 83.3 cm³/mol. The summed E-state index contributed by atoms with van der Waals surface area (Å²) in [5.41, 5.74) is 1.81. The second kappa shape index (κ2) is 6.56. The molecule has 0 bridgehead atoms. The molecule has 1 amide bonds. The number of carbonyl (C=O) groups is 1. The van der Waals surface area contributed by atoms with Crippen molar-refractivity contribution in [1.82, 2.24) is 10.3 Å². The van der Waals surface area contributed by atoms with E-state index in [1.54, 1.807) is 25.6 Å². The van der Waals surface area contributed by atoms with E-state index in [4.69, 9.17) is 4.74 Å². The molecule has 1 aliphatic rings. The van der Waals surface area contributed by atoms with Crippen molar-refractivity contribution in [2.45, 2.75) is 58.6 Å². The Balaban J connectivity index is 2.13. The molecule has 0 aliphatic heterocycles. The Kier molecular flexibility index (Phi) is 4.99. The van der Waals surface area contributed by atoms with Gasteiger partial charge < -0.3 is 10.1 Å². The molecule has 1 N–H and O–H groups in total. The Hall–Kier alpha value is -1.42. The number of rotatable bonds is 6. The van der Waals surface area contributed by atoms with Gasteiger partial charge in [-0.2, -0.15) is 0 Å². The van der Waals surface area contributed by atoms with E-state index in [9.17, 15) is 4.79 Å². The van der Waals surface area contributed by atoms with Crippen LogP contribution in [0.1, 0.15) is 56.0 Å². The summed E-state index contributed by atoms with van der Waals surface area (Å²) in [6.07, 6.45) is 7.46. The molecule has 0 radical (unpaired) electrons. The van der Waals surface area contributed by atoms with Crippen LogP contribution in [-0.4, -0.2) is 30.1 Å². The van der Waals surface area contributed by atoms with E-state index in [1.807, 2.05) is 6.92 Å². The molecule has 0 saturated heterocycles. The summed E-state index contributed by atoms with van der Waals surface area (Å²) in [6, 6.07) is 2.00. The molecule has 4 heteroatoms. The predicted octanol–water partition coefficient (Wildman–Crippen LogP) is 2.97. The number of methoxy groups -OCH3 is 1. The minimum absolute atomic E-state index is 0.0140. The van der Waals surface area contributed by atoms with Gasteiger partial charge in [-0.15, -0.1) is 0 Å². The van der Waals surface area contributed by atoms with Crippen LogP contribution in [0.25, 0.3) is 0 Å². The maximum Gasteiger partial charge on any atom is 0.251 e. The Bertz CT molecular complexity index is 497. The van der Waals surface area contributed by atoms with Crippen molar-refractivity contribution in [3.05, 3.63) is 29.6 Å². The number of amides is 1. The number of hydrogen-bond acceptors (Lipinski definition) is 3. The fourth-order valence-electron chi connectivity index (χ4n) is 3.65. The van der Waals surface area contributed by atoms with Crippen molar-refractivity contribution < 1.29 is 9.53 Å². The number of ether oxygens (including phenoxy) is 1. The van der Waals surface area contributed by atoms with Crippen LogP contribution in [0.15, 0.2) is 18.5 Å². The molecule has 1 saturated carbocycles. The first kappa shape index (κ1) is 16.0. The maximum atomic E-state index is 12.6. The Labute approximate surface area is 127 Å². The van der Waals surface area contributed by atoms with Crippen LogP contribution in [0.5, 0.6) is 0 Å². The number of pyridine rings is 1. The summed E-state index contributed by atoms with van der Waals surface area (Å²) >= 11 is 0. The van der Waals surface area contributed by atoms with Crippen LogP contribution >= 0.6 is 0 Å².